The van der Waals surface area contributed by atoms with Crippen molar-refractivity contribution in [1.29, 1.82) is 0 Å². The van der Waals surface area contributed by atoms with E-state index >= 15 is 0 Å². The summed E-state index contributed by atoms with van der Waals surface area (Å²) in [7, 11) is -2.86. The summed E-state index contributed by atoms with van der Waals surface area (Å²) in [6.45, 7) is 0. The zero-order valence-corrected chi connectivity index (χ0v) is 38.4. The van der Waals surface area contributed by atoms with Gasteiger partial charge in [-0.3, -0.25) is 0 Å². The highest BCUT2D eigenvalue weighted by Crippen LogP contribution is 2.37. The van der Waals surface area contributed by atoms with Gasteiger partial charge in [-0.1, -0.05) is 212 Å². The van der Waals surface area contributed by atoms with E-state index < -0.39 is 8.07 Å². The highest BCUT2D eigenvalue weighted by Gasteiger charge is 2.41. The SMILES string of the molecule is c1ccc([Si](c2ccccc2)(c2ccccc2)c2cccc(-c3nc(-c4ccc(-c5ccc6oc7ccccc7c6c5)cc4)nc(-c4ccccc4-n4c5ccccc5c5ccccc54)n3)c2)cc1. The van der Waals surface area contributed by atoms with Crippen LogP contribution in [0.3, 0.4) is 0 Å². The van der Waals surface area contributed by atoms with Gasteiger partial charge in [0.15, 0.2) is 25.5 Å². The van der Waals surface area contributed by atoms with E-state index in [-0.39, 0.29) is 0 Å². The molecule has 0 N–H and O–H groups in total. The quantitative estimate of drug-likeness (QED) is 0.107. The molecule has 0 aliphatic carbocycles. The summed E-state index contributed by atoms with van der Waals surface area (Å²) in [6.07, 6.45) is 0. The summed E-state index contributed by atoms with van der Waals surface area (Å²) in [4.78, 5) is 16.2. The number of nitrogens with zero attached hydrogens (tertiary/aromatic N) is 4. The third-order valence-corrected chi connectivity index (χ3v) is 18.4. The van der Waals surface area contributed by atoms with Crippen LogP contribution in [0.5, 0.6) is 0 Å². The first kappa shape index (κ1) is 40.3. The Balaban J connectivity index is 1.01. The van der Waals surface area contributed by atoms with Crippen molar-refractivity contribution < 1.29 is 4.42 Å². The van der Waals surface area contributed by atoms with E-state index in [9.17, 15) is 0 Å². The third kappa shape index (κ3) is 6.80. The fraction of sp³-hybridized carbons (Fsp3) is 0. The lowest BCUT2D eigenvalue weighted by Crippen LogP contribution is -2.74. The molecule has 0 aliphatic rings. The molecule has 13 aromatic rings. The Hall–Kier alpha value is -8.97. The van der Waals surface area contributed by atoms with Crippen molar-refractivity contribution >= 4 is 72.6 Å². The molecule has 0 atom stereocenters. The van der Waals surface area contributed by atoms with Crippen LogP contribution < -0.4 is 20.7 Å². The van der Waals surface area contributed by atoms with E-state index in [1.165, 1.54) is 31.5 Å². The topological polar surface area (TPSA) is 56.7 Å². The summed E-state index contributed by atoms with van der Waals surface area (Å²) in [5, 5.41) is 9.74. The molecule has 69 heavy (non-hydrogen) atoms. The molecular weight excluding hydrogens is 857 g/mol. The van der Waals surface area contributed by atoms with Crippen molar-refractivity contribution in [2.24, 2.45) is 0 Å². The van der Waals surface area contributed by atoms with Gasteiger partial charge in [0.05, 0.1) is 16.7 Å². The maximum atomic E-state index is 6.16. The van der Waals surface area contributed by atoms with E-state index in [1.807, 2.05) is 12.1 Å². The van der Waals surface area contributed by atoms with Crippen molar-refractivity contribution in [2.75, 3.05) is 0 Å². The van der Waals surface area contributed by atoms with Crippen molar-refractivity contribution in [2.45, 2.75) is 0 Å². The Bertz CT molecular complexity index is 3860. The third-order valence-electron chi connectivity index (χ3n) is 13.6. The van der Waals surface area contributed by atoms with Crippen LogP contribution in [0, 0.1) is 0 Å². The zero-order chi connectivity index (χ0) is 45.7. The molecule has 0 saturated carbocycles. The Morgan fingerprint density at radius 1 is 0.304 bits per heavy atom. The lowest BCUT2D eigenvalue weighted by molar-refractivity contribution is 0.669. The number of fused-ring (bicyclic) bond motifs is 6. The molecule has 6 heteroatoms. The number of benzene rings is 10. The number of furan rings is 1. The molecule has 0 fully saturated rings. The van der Waals surface area contributed by atoms with E-state index in [2.05, 4.69) is 247 Å². The van der Waals surface area contributed by atoms with Crippen molar-refractivity contribution in [3.63, 3.8) is 0 Å². The molecule has 3 aromatic heterocycles. The van der Waals surface area contributed by atoms with Gasteiger partial charge in [-0.05, 0) is 74.3 Å². The summed E-state index contributed by atoms with van der Waals surface area (Å²) in [6, 6.07) is 90.9. The van der Waals surface area contributed by atoms with Gasteiger partial charge in [0.1, 0.15) is 11.2 Å². The predicted molar refractivity (Wildman–Crippen MR) is 287 cm³/mol. The highest BCUT2D eigenvalue weighted by atomic mass is 28.3. The standard InChI is InChI=1S/C63H42N4OSi/c1-4-20-47(21-5-1)69(48-22-6-2-7-23-48,49-24-8-3-9-25-49)50-26-18-19-46(41-50)62-64-61(44-37-35-43(36-38-44)45-39-40-60-55(42-45)53-29-13-17-34-59(53)68-60)65-63(66-62)54-30-12-16-33-58(54)67-56-31-14-10-27-51(56)52-28-11-15-32-57(52)67/h1-42H. The molecule has 0 bridgehead atoms. The number of aromatic nitrogens is 4. The Kier molecular flexibility index (Phi) is 9.77. The van der Waals surface area contributed by atoms with Crippen LogP contribution in [0.1, 0.15) is 0 Å². The summed E-state index contributed by atoms with van der Waals surface area (Å²) >= 11 is 0. The average molecular weight is 899 g/mol. The molecule has 5 nitrogen and oxygen atoms in total. The van der Waals surface area contributed by atoms with Crippen molar-refractivity contribution in [3.05, 3.63) is 255 Å². The van der Waals surface area contributed by atoms with Crippen LogP contribution in [0.4, 0.5) is 0 Å². The fourth-order valence-electron chi connectivity index (χ4n) is 10.5. The molecular formula is C63H42N4OSi. The zero-order valence-electron chi connectivity index (χ0n) is 37.4. The molecule has 324 valence electrons. The molecule has 0 spiro atoms. The van der Waals surface area contributed by atoms with E-state index in [1.54, 1.807) is 0 Å². The minimum absolute atomic E-state index is 0.594. The van der Waals surface area contributed by atoms with Crippen molar-refractivity contribution in [3.8, 4) is 51.0 Å². The second-order valence-corrected chi connectivity index (χ2v) is 21.3. The van der Waals surface area contributed by atoms with E-state index in [4.69, 9.17) is 19.4 Å². The number of hydrogen-bond acceptors (Lipinski definition) is 4. The van der Waals surface area contributed by atoms with Gasteiger partial charge < -0.3 is 8.98 Å². The largest absolute Gasteiger partial charge is 0.456 e. The Morgan fingerprint density at radius 3 is 1.43 bits per heavy atom. The van der Waals surface area contributed by atoms with Gasteiger partial charge >= 0.3 is 0 Å². The molecule has 0 unspecified atom stereocenters. The van der Waals surface area contributed by atoms with Gasteiger partial charge in [-0.2, -0.15) is 0 Å². The average Bonchev–Trinajstić information content (AvgIpc) is 3.98. The van der Waals surface area contributed by atoms with Crippen LogP contribution >= 0.6 is 0 Å². The normalized spacial score (nSPS) is 11.8. The molecule has 10 aromatic carbocycles. The number of para-hydroxylation sites is 4. The molecule has 13 rings (SSSR count). The van der Waals surface area contributed by atoms with Gasteiger partial charge in [0.25, 0.3) is 0 Å². The second kappa shape index (κ2) is 16.7. The maximum absolute atomic E-state index is 6.16. The minimum atomic E-state index is -2.86. The monoisotopic (exact) mass is 898 g/mol. The Morgan fingerprint density at radius 2 is 0.783 bits per heavy atom. The first-order valence-corrected chi connectivity index (χ1v) is 25.3. The predicted octanol–water partition coefficient (Wildman–Crippen LogP) is 12.9. The van der Waals surface area contributed by atoms with Gasteiger partial charge in [0, 0.05) is 38.2 Å². The maximum Gasteiger partial charge on any atom is 0.179 e. The fourth-order valence-corrected chi connectivity index (χ4v) is 15.3. The minimum Gasteiger partial charge on any atom is -0.456 e. The summed E-state index contributed by atoms with van der Waals surface area (Å²) in [5.41, 5.74) is 9.92. The lowest BCUT2D eigenvalue weighted by atomic mass is 10.0. The lowest BCUT2D eigenvalue weighted by Gasteiger charge is -2.34. The van der Waals surface area contributed by atoms with E-state index in [0.29, 0.717) is 17.5 Å². The first-order chi connectivity index (χ1) is 34.2. The highest BCUT2D eigenvalue weighted by molar-refractivity contribution is 7.19. The van der Waals surface area contributed by atoms with Crippen LogP contribution in [0.2, 0.25) is 0 Å². The van der Waals surface area contributed by atoms with Crippen molar-refractivity contribution in [1.82, 2.24) is 19.5 Å². The summed E-state index contributed by atoms with van der Waals surface area (Å²) in [5.74, 6) is 1.79. The van der Waals surface area contributed by atoms with Crippen LogP contribution in [-0.4, -0.2) is 27.6 Å². The van der Waals surface area contributed by atoms with Gasteiger partial charge in [0.2, 0.25) is 0 Å². The second-order valence-electron chi connectivity index (χ2n) is 17.5. The molecule has 0 amide bonds. The van der Waals surface area contributed by atoms with Crippen LogP contribution in [-0.2, 0) is 0 Å². The van der Waals surface area contributed by atoms with Gasteiger partial charge in [-0.15, -0.1) is 0 Å². The molecule has 0 saturated heterocycles. The smallest absolute Gasteiger partial charge is 0.179 e. The Labute approximate surface area is 400 Å². The molecule has 3 heterocycles. The summed E-state index contributed by atoms with van der Waals surface area (Å²) < 4.78 is 8.51. The van der Waals surface area contributed by atoms with E-state index in [0.717, 1.165) is 66.5 Å². The van der Waals surface area contributed by atoms with Crippen LogP contribution in [0.15, 0.2) is 259 Å². The number of rotatable bonds is 9. The van der Waals surface area contributed by atoms with Crippen LogP contribution in [0.25, 0.3) is 94.7 Å². The van der Waals surface area contributed by atoms with Gasteiger partial charge in [-0.25, -0.2) is 15.0 Å². The number of hydrogen-bond donors (Lipinski definition) is 0. The molecule has 0 radical (unpaired) electrons. The first-order valence-electron chi connectivity index (χ1n) is 23.3. The molecule has 0 aliphatic heterocycles.